The molecule has 1 rings (SSSR count). The first-order chi connectivity index (χ1) is 5.79. The Morgan fingerprint density at radius 2 is 2.42 bits per heavy atom. The van der Waals surface area contributed by atoms with Crippen LogP contribution >= 0.6 is 0 Å². The number of hydrogen-bond donors (Lipinski definition) is 1. The Balaban J connectivity index is 2.06. The summed E-state index contributed by atoms with van der Waals surface area (Å²) in [5, 5.41) is 2.79. The van der Waals surface area contributed by atoms with E-state index < -0.39 is 0 Å². The molecule has 0 unspecified atom stereocenters. The predicted octanol–water partition coefficient (Wildman–Crippen LogP) is 0.384. The fourth-order valence-corrected chi connectivity index (χ4v) is 1.28. The normalized spacial score (nSPS) is 17.8. The van der Waals surface area contributed by atoms with Gasteiger partial charge < -0.3 is 5.32 Å². The highest BCUT2D eigenvalue weighted by Gasteiger charge is 2.04. The maximum atomic E-state index is 10.5. The second-order valence-electron chi connectivity index (χ2n) is 3.04. The molecule has 0 saturated heterocycles. The number of nitrogens with one attached hydrogen (secondary N) is 1. The van der Waals surface area contributed by atoms with E-state index in [-0.39, 0.29) is 5.91 Å². The fraction of sp³-hybridized carbons (Fsp3) is 0.667. The topological polar surface area (TPSA) is 32.3 Å². The minimum absolute atomic E-state index is 0.0579. The van der Waals surface area contributed by atoms with Gasteiger partial charge in [-0.05, 0) is 6.42 Å². The summed E-state index contributed by atoms with van der Waals surface area (Å²) < 4.78 is 0. The van der Waals surface area contributed by atoms with Crippen LogP contribution in [0, 0.1) is 0 Å². The van der Waals surface area contributed by atoms with Crippen molar-refractivity contribution in [1.29, 1.82) is 0 Å². The van der Waals surface area contributed by atoms with E-state index in [2.05, 4.69) is 22.4 Å². The predicted molar refractivity (Wildman–Crippen MR) is 48.9 cm³/mol. The molecule has 0 spiro atoms. The molecule has 0 aromatic heterocycles. The summed E-state index contributed by atoms with van der Waals surface area (Å²) in [6.07, 6.45) is 5.52. The van der Waals surface area contributed by atoms with Crippen molar-refractivity contribution in [3.8, 4) is 0 Å². The second kappa shape index (κ2) is 4.93. The molecule has 1 N–H and O–H groups in total. The van der Waals surface area contributed by atoms with Crippen molar-refractivity contribution >= 4 is 5.91 Å². The lowest BCUT2D eigenvalue weighted by atomic mass is 10.2. The van der Waals surface area contributed by atoms with E-state index in [1.54, 1.807) is 6.92 Å². The summed E-state index contributed by atoms with van der Waals surface area (Å²) >= 11 is 0. The van der Waals surface area contributed by atoms with Crippen LogP contribution in [-0.4, -0.2) is 37.0 Å². The Morgan fingerprint density at radius 3 is 3.00 bits per heavy atom. The number of hydrogen-bond acceptors (Lipinski definition) is 2. The van der Waals surface area contributed by atoms with Crippen molar-refractivity contribution in [3.63, 3.8) is 0 Å². The third kappa shape index (κ3) is 3.53. The molecule has 0 bridgehead atoms. The van der Waals surface area contributed by atoms with E-state index in [0.29, 0.717) is 0 Å². The molecule has 0 aromatic carbocycles. The van der Waals surface area contributed by atoms with E-state index in [1.165, 1.54) is 0 Å². The van der Waals surface area contributed by atoms with Gasteiger partial charge in [0.1, 0.15) is 0 Å². The van der Waals surface area contributed by atoms with E-state index in [4.69, 9.17) is 0 Å². The van der Waals surface area contributed by atoms with Gasteiger partial charge in [0.2, 0.25) is 5.91 Å². The Morgan fingerprint density at radius 1 is 1.58 bits per heavy atom. The minimum Gasteiger partial charge on any atom is -0.355 e. The summed E-state index contributed by atoms with van der Waals surface area (Å²) in [5.74, 6) is 0.0579. The maximum absolute atomic E-state index is 10.5. The number of rotatable bonds is 3. The summed E-state index contributed by atoms with van der Waals surface area (Å²) in [6, 6.07) is 0. The monoisotopic (exact) mass is 168 g/mol. The van der Waals surface area contributed by atoms with Gasteiger partial charge in [-0.25, -0.2) is 0 Å². The molecule has 3 nitrogen and oxygen atoms in total. The number of carbonyl (C=O) groups excluding carboxylic acids is 1. The Hall–Kier alpha value is -0.830. The molecule has 3 heteroatoms. The number of carbonyl (C=O) groups is 1. The van der Waals surface area contributed by atoms with Crippen molar-refractivity contribution < 1.29 is 4.79 Å². The largest absolute Gasteiger partial charge is 0.355 e. The van der Waals surface area contributed by atoms with Crippen LogP contribution in [0.25, 0.3) is 0 Å². The van der Waals surface area contributed by atoms with Gasteiger partial charge in [-0.15, -0.1) is 0 Å². The molecule has 12 heavy (non-hydrogen) atoms. The SMILES string of the molecule is CC(=O)NCCN1CC=CCC1. The summed E-state index contributed by atoms with van der Waals surface area (Å²) in [4.78, 5) is 12.9. The Bertz CT molecular complexity index is 177. The Labute approximate surface area is 73.4 Å². The number of nitrogens with zero attached hydrogens (tertiary/aromatic N) is 1. The smallest absolute Gasteiger partial charge is 0.216 e. The van der Waals surface area contributed by atoms with Crippen LogP contribution in [0.3, 0.4) is 0 Å². The molecule has 0 aliphatic carbocycles. The van der Waals surface area contributed by atoms with Crippen molar-refractivity contribution in [1.82, 2.24) is 10.2 Å². The molecule has 0 aromatic rings. The minimum atomic E-state index is 0.0579. The molecule has 0 fully saturated rings. The van der Waals surface area contributed by atoms with Crippen LogP contribution in [-0.2, 0) is 4.79 Å². The second-order valence-corrected chi connectivity index (χ2v) is 3.04. The average molecular weight is 168 g/mol. The van der Waals surface area contributed by atoms with Gasteiger partial charge in [0.25, 0.3) is 0 Å². The van der Waals surface area contributed by atoms with Crippen LogP contribution < -0.4 is 5.32 Å². The number of amides is 1. The van der Waals surface area contributed by atoms with Crippen molar-refractivity contribution in [3.05, 3.63) is 12.2 Å². The van der Waals surface area contributed by atoms with Crippen LogP contribution in [0.4, 0.5) is 0 Å². The van der Waals surface area contributed by atoms with Gasteiger partial charge in [-0.1, -0.05) is 12.2 Å². The van der Waals surface area contributed by atoms with Crippen molar-refractivity contribution in [2.24, 2.45) is 0 Å². The van der Waals surface area contributed by atoms with Crippen LogP contribution in [0.5, 0.6) is 0 Å². The van der Waals surface area contributed by atoms with E-state index in [9.17, 15) is 4.79 Å². The lowest BCUT2D eigenvalue weighted by molar-refractivity contribution is -0.119. The zero-order valence-electron chi connectivity index (χ0n) is 7.55. The summed E-state index contributed by atoms with van der Waals surface area (Å²) in [6.45, 7) is 5.43. The zero-order valence-corrected chi connectivity index (χ0v) is 7.55. The summed E-state index contributed by atoms with van der Waals surface area (Å²) in [5.41, 5.74) is 0. The molecule has 68 valence electrons. The molecule has 0 atom stereocenters. The van der Waals surface area contributed by atoms with Crippen LogP contribution in [0.1, 0.15) is 13.3 Å². The molecule has 0 radical (unpaired) electrons. The molecule has 1 aliphatic heterocycles. The molecule has 1 heterocycles. The standard InChI is InChI=1S/C9H16N2O/c1-9(12)10-5-8-11-6-3-2-4-7-11/h2-3H,4-8H2,1H3,(H,10,12). The van der Waals surface area contributed by atoms with Crippen LogP contribution in [0.15, 0.2) is 12.2 Å². The van der Waals surface area contributed by atoms with Gasteiger partial charge in [0.05, 0.1) is 0 Å². The average Bonchev–Trinajstić information content (AvgIpc) is 2.05. The van der Waals surface area contributed by atoms with E-state index >= 15 is 0 Å². The first kappa shape index (κ1) is 9.26. The first-order valence-electron chi connectivity index (χ1n) is 4.41. The quantitative estimate of drug-likeness (QED) is 0.618. The summed E-state index contributed by atoms with van der Waals surface area (Å²) in [7, 11) is 0. The zero-order chi connectivity index (χ0) is 8.81. The third-order valence-electron chi connectivity index (χ3n) is 1.94. The Kier molecular flexibility index (Phi) is 3.80. The fourth-order valence-electron chi connectivity index (χ4n) is 1.28. The highest BCUT2D eigenvalue weighted by Crippen LogP contribution is 1.98. The van der Waals surface area contributed by atoms with E-state index in [1.807, 2.05) is 0 Å². The third-order valence-corrected chi connectivity index (χ3v) is 1.94. The maximum Gasteiger partial charge on any atom is 0.216 e. The molecule has 0 saturated carbocycles. The lowest BCUT2D eigenvalue weighted by Gasteiger charge is -2.22. The van der Waals surface area contributed by atoms with Crippen molar-refractivity contribution in [2.75, 3.05) is 26.2 Å². The molecule has 1 aliphatic rings. The van der Waals surface area contributed by atoms with Gasteiger partial charge in [-0.2, -0.15) is 0 Å². The van der Waals surface area contributed by atoms with Gasteiger partial charge in [0.15, 0.2) is 0 Å². The van der Waals surface area contributed by atoms with E-state index in [0.717, 1.165) is 32.6 Å². The molecular formula is C9H16N2O. The van der Waals surface area contributed by atoms with Gasteiger partial charge >= 0.3 is 0 Å². The van der Waals surface area contributed by atoms with Crippen molar-refractivity contribution in [2.45, 2.75) is 13.3 Å². The van der Waals surface area contributed by atoms with Crippen LogP contribution in [0.2, 0.25) is 0 Å². The first-order valence-corrected chi connectivity index (χ1v) is 4.41. The molecule has 1 amide bonds. The molecular weight excluding hydrogens is 152 g/mol. The van der Waals surface area contributed by atoms with Gasteiger partial charge in [-0.3, -0.25) is 9.69 Å². The lowest BCUT2D eigenvalue weighted by Crippen LogP contribution is -2.35. The van der Waals surface area contributed by atoms with Gasteiger partial charge in [0, 0.05) is 33.1 Å². The highest BCUT2D eigenvalue weighted by atomic mass is 16.1. The highest BCUT2D eigenvalue weighted by molar-refractivity contribution is 5.72.